The van der Waals surface area contributed by atoms with Crippen molar-refractivity contribution in [1.29, 1.82) is 0 Å². The van der Waals surface area contributed by atoms with Crippen LogP contribution in [0.15, 0.2) is 41.2 Å². The van der Waals surface area contributed by atoms with Crippen LogP contribution < -0.4 is 11.0 Å². The lowest BCUT2D eigenvalue weighted by Gasteiger charge is -2.13. The molecule has 0 spiro atoms. The standard InChI is InChI=1S/C19H17BN2O/c1-3-11(2)12-7-8-15-13(9-12)10-17-21-19(23)18-14(20)5-4-6-16(18)22(15)17/h4-9,11H,3,10H2,1-2H3. The van der Waals surface area contributed by atoms with Crippen molar-refractivity contribution in [2.45, 2.75) is 32.6 Å². The topological polar surface area (TPSA) is 34.9 Å². The summed E-state index contributed by atoms with van der Waals surface area (Å²) in [7, 11) is 6.00. The van der Waals surface area contributed by atoms with Gasteiger partial charge >= 0.3 is 0 Å². The Balaban J connectivity index is 2.00. The maximum Gasteiger partial charge on any atom is 0.280 e. The summed E-state index contributed by atoms with van der Waals surface area (Å²) >= 11 is 0. The van der Waals surface area contributed by atoms with Gasteiger partial charge in [0.2, 0.25) is 0 Å². The second-order valence-electron chi connectivity index (χ2n) is 6.28. The number of hydrogen-bond acceptors (Lipinski definition) is 2. The van der Waals surface area contributed by atoms with Gasteiger partial charge in [-0.3, -0.25) is 9.36 Å². The van der Waals surface area contributed by atoms with Crippen LogP contribution in [0.25, 0.3) is 16.6 Å². The molecule has 4 rings (SSSR count). The largest absolute Gasteiger partial charge is 0.297 e. The van der Waals surface area contributed by atoms with Crippen molar-refractivity contribution in [2.75, 3.05) is 0 Å². The van der Waals surface area contributed by atoms with Gasteiger partial charge in [-0.15, -0.1) is 0 Å². The number of aromatic nitrogens is 2. The van der Waals surface area contributed by atoms with Gasteiger partial charge in [0.05, 0.1) is 16.6 Å². The van der Waals surface area contributed by atoms with Crippen molar-refractivity contribution in [3.05, 3.63) is 63.7 Å². The Bertz CT molecular complexity index is 991. The first-order valence-corrected chi connectivity index (χ1v) is 8.03. The van der Waals surface area contributed by atoms with Crippen LogP contribution in [0.3, 0.4) is 0 Å². The molecule has 0 saturated heterocycles. The molecule has 1 unspecified atom stereocenters. The van der Waals surface area contributed by atoms with Crippen LogP contribution in [0, 0.1) is 0 Å². The minimum atomic E-state index is -0.237. The van der Waals surface area contributed by atoms with Gasteiger partial charge in [-0.05, 0) is 35.6 Å². The van der Waals surface area contributed by atoms with Gasteiger partial charge in [-0.1, -0.05) is 43.6 Å². The van der Waals surface area contributed by atoms with E-state index < -0.39 is 0 Å². The van der Waals surface area contributed by atoms with E-state index in [4.69, 9.17) is 7.85 Å². The fourth-order valence-electron chi connectivity index (χ4n) is 3.40. The molecule has 3 nitrogen and oxygen atoms in total. The second kappa shape index (κ2) is 5.09. The fourth-order valence-corrected chi connectivity index (χ4v) is 3.40. The van der Waals surface area contributed by atoms with Crippen molar-refractivity contribution in [3.8, 4) is 5.69 Å². The smallest absolute Gasteiger partial charge is 0.280 e. The lowest BCUT2D eigenvalue weighted by Crippen LogP contribution is -2.21. The molecule has 1 aliphatic heterocycles. The highest BCUT2D eigenvalue weighted by atomic mass is 16.1. The molecule has 1 aliphatic rings. The zero-order valence-corrected chi connectivity index (χ0v) is 13.3. The van der Waals surface area contributed by atoms with Crippen molar-refractivity contribution in [1.82, 2.24) is 9.55 Å². The summed E-state index contributed by atoms with van der Waals surface area (Å²) in [6.07, 6.45) is 1.81. The highest BCUT2D eigenvalue weighted by Gasteiger charge is 2.23. The molecule has 23 heavy (non-hydrogen) atoms. The molecule has 1 aromatic heterocycles. The van der Waals surface area contributed by atoms with Crippen molar-refractivity contribution >= 4 is 24.2 Å². The Labute approximate surface area is 136 Å². The molecule has 2 radical (unpaired) electrons. The quantitative estimate of drug-likeness (QED) is 0.533. The summed E-state index contributed by atoms with van der Waals surface area (Å²) in [5.41, 5.74) is 4.76. The van der Waals surface area contributed by atoms with Crippen LogP contribution in [0.4, 0.5) is 0 Å². The molecule has 1 atom stereocenters. The maximum atomic E-state index is 12.3. The van der Waals surface area contributed by atoms with Gasteiger partial charge in [-0.25, -0.2) is 0 Å². The summed E-state index contributed by atoms with van der Waals surface area (Å²) < 4.78 is 2.07. The van der Waals surface area contributed by atoms with E-state index in [0.717, 1.165) is 23.4 Å². The number of fused-ring (bicyclic) bond motifs is 5. The molecule has 0 amide bonds. The molecule has 3 aromatic rings. The Morgan fingerprint density at radius 1 is 1.30 bits per heavy atom. The number of nitrogens with zero attached hydrogens (tertiary/aromatic N) is 2. The van der Waals surface area contributed by atoms with Gasteiger partial charge in [0.25, 0.3) is 5.56 Å². The van der Waals surface area contributed by atoms with Gasteiger partial charge in [0.1, 0.15) is 13.7 Å². The number of hydrogen-bond donors (Lipinski definition) is 0. The predicted molar refractivity (Wildman–Crippen MR) is 94.2 cm³/mol. The van der Waals surface area contributed by atoms with Gasteiger partial charge < -0.3 is 0 Å². The summed E-state index contributed by atoms with van der Waals surface area (Å²) in [5, 5.41) is 0.509. The minimum absolute atomic E-state index is 0.237. The first kappa shape index (κ1) is 14.3. The average molecular weight is 300 g/mol. The Morgan fingerprint density at radius 3 is 2.91 bits per heavy atom. The zero-order valence-electron chi connectivity index (χ0n) is 13.3. The Morgan fingerprint density at radius 2 is 2.13 bits per heavy atom. The third-order valence-electron chi connectivity index (χ3n) is 4.89. The molecular weight excluding hydrogens is 283 g/mol. The first-order chi connectivity index (χ1) is 11.1. The van der Waals surface area contributed by atoms with Crippen LogP contribution in [0.1, 0.15) is 43.1 Å². The van der Waals surface area contributed by atoms with Crippen molar-refractivity contribution < 1.29 is 0 Å². The average Bonchev–Trinajstić information content (AvgIpc) is 2.91. The predicted octanol–water partition coefficient (Wildman–Crippen LogP) is 2.60. The Kier molecular flexibility index (Phi) is 3.15. The van der Waals surface area contributed by atoms with E-state index in [2.05, 4.69) is 41.6 Å². The van der Waals surface area contributed by atoms with E-state index in [-0.39, 0.29) is 5.56 Å². The molecule has 0 fully saturated rings. The van der Waals surface area contributed by atoms with Gasteiger partial charge in [-0.2, -0.15) is 4.98 Å². The van der Waals surface area contributed by atoms with E-state index in [1.54, 1.807) is 6.07 Å². The van der Waals surface area contributed by atoms with Gasteiger partial charge in [0.15, 0.2) is 0 Å². The minimum Gasteiger partial charge on any atom is -0.297 e. The maximum absolute atomic E-state index is 12.3. The van der Waals surface area contributed by atoms with Crippen LogP contribution >= 0.6 is 0 Å². The SMILES string of the molecule is [B]c1cccc2c1c(=O)nc1n2-c2ccc(C(C)CC)cc2C1. The summed E-state index contributed by atoms with van der Waals surface area (Å²) in [5.74, 6) is 1.33. The molecule has 0 aliphatic carbocycles. The normalized spacial score (nSPS) is 13.8. The third kappa shape index (κ3) is 2.05. The van der Waals surface area contributed by atoms with Crippen molar-refractivity contribution in [2.24, 2.45) is 0 Å². The van der Waals surface area contributed by atoms with Crippen LogP contribution in [0.2, 0.25) is 0 Å². The Hall–Kier alpha value is -2.36. The van der Waals surface area contributed by atoms with E-state index in [1.165, 1.54) is 11.1 Å². The lowest BCUT2D eigenvalue weighted by atomic mass is 9.92. The van der Waals surface area contributed by atoms with Gasteiger partial charge in [0, 0.05) is 6.42 Å². The summed E-state index contributed by atoms with van der Waals surface area (Å²) in [6.45, 7) is 4.43. The molecule has 4 heteroatoms. The van der Waals surface area contributed by atoms with Crippen LogP contribution in [0.5, 0.6) is 0 Å². The van der Waals surface area contributed by atoms with Crippen LogP contribution in [-0.4, -0.2) is 17.4 Å². The summed E-state index contributed by atoms with van der Waals surface area (Å²) in [6, 6.07) is 12.1. The second-order valence-corrected chi connectivity index (χ2v) is 6.28. The number of rotatable bonds is 2. The van der Waals surface area contributed by atoms with E-state index in [1.807, 2.05) is 12.1 Å². The van der Waals surface area contributed by atoms with E-state index in [9.17, 15) is 4.79 Å². The molecule has 2 heterocycles. The summed E-state index contributed by atoms with van der Waals surface area (Å²) in [4.78, 5) is 16.6. The molecule has 0 bridgehead atoms. The van der Waals surface area contributed by atoms with Crippen LogP contribution in [-0.2, 0) is 6.42 Å². The third-order valence-corrected chi connectivity index (χ3v) is 4.89. The highest BCUT2D eigenvalue weighted by molar-refractivity contribution is 6.38. The molecule has 2 aromatic carbocycles. The molecule has 0 saturated carbocycles. The molecular formula is C19H17BN2O. The first-order valence-electron chi connectivity index (χ1n) is 8.03. The fraction of sp³-hybridized carbons (Fsp3) is 0.263. The molecule has 0 N–H and O–H groups in total. The number of benzene rings is 2. The monoisotopic (exact) mass is 300 g/mol. The van der Waals surface area contributed by atoms with E-state index >= 15 is 0 Å². The molecule has 112 valence electrons. The zero-order chi connectivity index (χ0) is 16.1. The lowest BCUT2D eigenvalue weighted by molar-refractivity contribution is 0.732. The van der Waals surface area contributed by atoms with Crippen molar-refractivity contribution in [3.63, 3.8) is 0 Å². The highest BCUT2D eigenvalue weighted by Crippen LogP contribution is 2.32. The van der Waals surface area contributed by atoms with E-state index in [0.29, 0.717) is 23.2 Å².